The van der Waals surface area contributed by atoms with Crippen molar-refractivity contribution in [2.24, 2.45) is 17.8 Å². The Morgan fingerprint density at radius 3 is 1.87 bits per heavy atom. The van der Waals surface area contributed by atoms with Crippen molar-refractivity contribution < 1.29 is 86.4 Å². The second-order valence-corrected chi connectivity index (χ2v) is 25.2. The van der Waals surface area contributed by atoms with E-state index in [2.05, 4.69) is 21.3 Å². The molecule has 31 nitrogen and oxygen atoms in total. The number of nitrogens with two attached hydrogens (primary N) is 1. The van der Waals surface area contributed by atoms with Gasteiger partial charge in [0.25, 0.3) is 11.8 Å². The van der Waals surface area contributed by atoms with Crippen LogP contribution in [0.5, 0.6) is 0 Å². The normalized spacial score (nSPS) is 27.5. The molecule has 1 aromatic rings. The Morgan fingerprint density at radius 2 is 1.28 bits per heavy atom. The lowest BCUT2D eigenvalue weighted by atomic mass is 9.98. The van der Waals surface area contributed by atoms with Crippen molar-refractivity contribution >= 4 is 93.6 Å². The van der Waals surface area contributed by atoms with Crippen molar-refractivity contribution in [2.45, 2.75) is 162 Å². The molecule has 1 aliphatic carbocycles. The number of rotatable bonds is 8. The highest BCUT2D eigenvalue weighted by Gasteiger charge is 2.51. The van der Waals surface area contributed by atoms with Gasteiger partial charge in [0.2, 0.25) is 52.7 Å². The highest BCUT2D eigenvalue weighted by Crippen LogP contribution is 2.35. The summed E-state index contributed by atoms with van der Waals surface area (Å²) in [5.74, 6) is -14.9. The average molecular weight is 1290 g/mol. The van der Waals surface area contributed by atoms with E-state index in [9.17, 15) is 67.7 Å². The van der Waals surface area contributed by atoms with Crippen molar-refractivity contribution in [1.29, 1.82) is 0 Å². The second-order valence-electron chi connectivity index (χ2n) is 25.2. The number of likely N-dealkylation sites (N-methyl/N-ethyl adjacent to an activating group) is 4. The van der Waals surface area contributed by atoms with Gasteiger partial charge in [-0.2, -0.15) is 0 Å². The van der Waals surface area contributed by atoms with Crippen LogP contribution in [-0.4, -0.2) is 249 Å². The minimum atomic E-state index is -2.20. The molecule has 92 heavy (non-hydrogen) atoms. The van der Waals surface area contributed by atoms with Crippen LogP contribution in [0.4, 0.5) is 5.69 Å². The minimum Gasteiger partial charge on any atom is -0.458 e. The predicted molar refractivity (Wildman–Crippen MR) is 324 cm³/mol. The number of aliphatic hydroxyl groups is 2. The molecule has 4 fully saturated rings. The van der Waals surface area contributed by atoms with E-state index >= 15 is 9.59 Å². The summed E-state index contributed by atoms with van der Waals surface area (Å²) in [6, 6.07) is -10.8. The molecule has 0 saturated carbocycles. The lowest BCUT2D eigenvalue weighted by molar-refractivity contribution is -0.163. The Hall–Kier alpha value is -9.13. The van der Waals surface area contributed by atoms with E-state index in [0.717, 1.165) is 29.4 Å². The molecule has 31 heteroatoms. The smallest absolute Gasteiger partial charge is 0.329 e. The number of aliphatic hydroxyl groups excluding tert-OH is 2. The Bertz CT molecular complexity index is 3550. The molecule has 0 spiro atoms. The number of carbonyl (C=O) groups is 13. The van der Waals surface area contributed by atoms with Crippen LogP contribution < -0.4 is 32.4 Å². The van der Waals surface area contributed by atoms with Crippen LogP contribution in [0.15, 0.2) is 21.3 Å². The maximum Gasteiger partial charge on any atom is 0.329 e. The van der Waals surface area contributed by atoms with E-state index < -0.39 is 222 Å². The fourth-order valence-electron chi connectivity index (χ4n) is 11.9. The number of esters is 2. The summed E-state index contributed by atoms with van der Waals surface area (Å²) in [6.45, 7) is 13.5. The quantitative estimate of drug-likeness (QED) is 0.0702. The number of amides is 10. The number of fused-ring (bicyclic) bond motifs is 4. The number of Topliss-reactive ketones (excluding diaryl/α,β-unsaturated/α-hetero) is 1. The SMILES string of the molecule is Cc1c2oc3c(C)ccc(C(=O)N[C@@H]4C(=O)N[C@H](C(C)C)C(=O)N5[C@H](C(=O)N(C)CC(=O)N(C)[C@@H](C(C)C)C(=O)O[C@@H]4C)[C@@H](O)C[C@@H]5C)c3nc-2c(C(=O)N[C@@H]2C(=O)N[C@@H](C(C)C)C(=O)N3CC(=O)C[C@H]3C(=O)N(C)CC(=O)N(C)[C@@H](C)C(=O)O[C@@H]2CO)c(N)c1=O. The number of anilines is 1. The largest absolute Gasteiger partial charge is 0.458 e. The third-order valence-corrected chi connectivity index (χ3v) is 17.5. The summed E-state index contributed by atoms with van der Waals surface area (Å²) in [6.07, 6.45) is -5.46. The molecule has 12 atom stereocenters. The number of hydrogen-bond acceptors (Lipinski definition) is 21. The van der Waals surface area contributed by atoms with E-state index in [4.69, 9.17) is 24.6 Å². The fraction of sp³-hybridized carbons (Fsp3) is 0.590. The van der Waals surface area contributed by atoms with Crippen molar-refractivity contribution in [3.8, 4) is 11.5 Å². The summed E-state index contributed by atoms with van der Waals surface area (Å²) in [5, 5.41) is 32.3. The Morgan fingerprint density at radius 1 is 0.717 bits per heavy atom. The molecule has 1 aromatic carbocycles. The standard InChI is InChI=1S/C61H82N12O19/c1-24(2)41-57(85)72-20-32(75)19-34(72)56(84)68(12)21-37(77)70(14)30(10)60(88)91-36(23-74)45(55(83)64-41)67-53(81)39-40(62)49(79)29(9)51-46(39)63-44-33(17-16-27(7)50(44)92-51)52(80)66-43-31(11)90-61(89)47(26(5)6)71(15)38(78)22-69(13)59(87)48-35(76)18-28(8)73(48)58(86)42(25(3)4)65-54(43)82/h16-17,24-26,28,30-31,34-36,41-43,45,47-48,74,76H,18-23,62H2,1-15H3,(H,64,83)(H,65,82)(H,66,80)(H,67,81)/t28-,30-,31+,34-,35-,36+,41-,42+,43-,45-,47-,48-/m0/s1. The van der Waals surface area contributed by atoms with Crippen LogP contribution in [0, 0.1) is 31.6 Å². The molecule has 4 saturated heterocycles. The van der Waals surface area contributed by atoms with Crippen LogP contribution in [-0.2, 0) is 62.2 Å². The van der Waals surface area contributed by atoms with Gasteiger partial charge in [0.15, 0.2) is 23.2 Å². The molecule has 500 valence electrons. The van der Waals surface area contributed by atoms with E-state index in [1.807, 2.05) is 0 Å². The summed E-state index contributed by atoms with van der Waals surface area (Å²) < 4.78 is 17.9. The van der Waals surface area contributed by atoms with Gasteiger partial charge in [-0.05, 0) is 70.4 Å². The number of nitrogens with zero attached hydrogens (tertiary/aromatic N) is 7. The van der Waals surface area contributed by atoms with Gasteiger partial charge in [0.05, 0.1) is 49.2 Å². The number of cyclic esters (lactones) is 2. The monoisotopic (exact) mass is 1290 g/mol. The number of aryl methyl sites for hydroxylation is 1. The van der Waals surface area contributed by atoms with Gasteiger partial charge in [0, 0.05) is 46.2 Å². The molecule has 0 radical (unpaired) electrons. The van der Waals surface area contributed by atoms with Crippen LogP contribution in [0.2, 0.25) is 0 Å². The van der Waals surface area contributed by atoms with Crippen LogP contribution in [0.25, 0.3) is 22.6 Å². The number of hydrogen-bond donors (Lipinski definition) is 7. The van der Waals surface area contributed by atoms with Crippen molar-refractivity contribution in [2.75, 3.05) is 60.2 Å². The Labute approximate surface area is 529 Å². The molecule has 0 aromatic heterocycles. The summed E-state index contributed by atoms with van der Waals surface area (Å²) >= 11 is 0. The van der Waals surface area contributed by atoms with E-state index in [1.54, 1.807) is 41.5 Å². The number of ether oxygens (including phenoxy) is 2. The zero-order chi connectivity index (χ0) is 68.7. The summed E-state index contributed by atoms with van der Waals surface area (Å²) in [7, 11) is 5.10. The number of nitrogen functional groups attached to an aromatic ring is 1. The molecule has 0 unspecified atom stereocenters. The first-order chi connectivity index (χ1) is 42.9. The van der Waals surface area contributed by atoms with Crippen molar-refractivity contribution in [1.82, 2.24) is 55.7 Å². The Kier molecular flexibility index (Phi) is 21.2. The van der Waals surface area contributed by atoms with Gasteiger partial charge in [-0.25, -0.2) is 14.6 Å². The topological polar surface area (TPSA) is 418 Å². The molecular weight excluding hydrogens is 1200 g/mol. The lowest BCUT2D eigenvalue weighted by Crippen LogP contribution is -2.62. The molecule has 6 aliphatic rings. The number of carbonyl (C=O) groups excluding carboxylic acids is 13. The Balaban J connectivity index is 1.33. The molecule has 5 heterocycles. The molecule has 0 bridgehead atoms. The maximum absolute atomic E-state index is 15.1. The third kappa shape index (κ3) is 13.7. The van der Waals surface area contributed by atoms with Crippen molar-refractivity contribution in [3.05, 3.63) is 44.6 Å². The van der Waals surface area contributed by atoms with Crippen LogP contribution >= 0.6 is 0 Å². The van der Waals surface area contributed by atoms with Crippen molar-refractivity contribution in [3.63, 3.8) is 0 Å². The molecule has 7 rings (SSSR count). The van der Waals surface area contributed by atoms with Crippen LogP contribution in [0.3, 0.4) is 0 Å². The third-order valence-electron chi connectivity index (χ3n) is 17.5. The van der Waals surface area contributed by atoms with Gasteiger partial charge in [-0.15, -0.1) is 0 Å². The molecule has 10 amide bonds. The van der Waals surface area contributed by atoms with Gasteiger partial charge < -0.3 is 80.5 Å². The van der Waals surface area contributed by atoms with E-state index in [1.165, 1.54) is 74.9 Å². The summed E-state index contributed by atoms with van der Waals surface area (Å²) in [4.78, 5) is 210. The van der Waals surface area contributed by atoms with Gasteiger partial charge >= 0.3 is 11.9 Å². The summed E-state index contributed by atoms with van der Waals surface area (Å²) in [5.41, 5.74) is 2.68. The number of ketones is 1. The highest BCUT2D eigenvalue weighted by molar-refractivity contribution is 6.11. The highest BCUT2D eigenvalue weighted by atomic mass is 16.6. The van der Waals surface area contributed by atoms with Crippen LogP contribution in [0.1, 0.15) is 107 Å². The number of aromatic nitrogens is 1. The first-order valence-corrected chi connectivity index (χ1v) is 30.2. The predicted octanol–water partition coefficient (Wildman–Crippen LogP) is -2.40. The second kappa shape index (κ2) is 27.8. The van der Waals surface area contributed by atoms with Gasteiger partial charge in [-0.3, -0.25) is 57.5 Å². The minimum absolute atomic E-state index is 0.0368. The fourth-order valence-corrected chi connectivity index (χ4v) is 11.9. The van der Waals surface area contributed by atoms with Gasteiger partial charge in [0.1, 0.15) is 65.6 Å². The molecule has 5 aliphatic heterocycles. The lowest BCUT2D eigenvalue weighted by Gasteiger charge is -2.37. The number of benzene rings is 2. The maximum atomic E-state index is 15.1. The van der Waals surface area contributed by atoms with E-state index in [0.29, 0.717) is 5.56 Å². The van der Waals surface area contributed by atoms with E-state index in [-0.39, 0.29) is 34.4 Å². The zero-order valence-corrected chi connectivity index (χ0v) is 54.1. The van der Waals surface area contributed by atoms with Gasteiger partial charge in [-0.1, -0.05) is 47.6 Å². The average Bonchev–Trinajstić information content (AvgIpc) is 0.932. The molecular formula is C61H82N12O19. The number of nitrogens with one attached hydrogen (secondary N) is 4. The molecule has 8 N–H and O–H groups in total. The first kappa shape index (κ1) is 70.3. The first-order valence-electron chi connectivity index (χ1n) is 30.2. The zero-order valence-electron chi connectivity index (χ0n) is 54.1.